The largest absolute Gasteiger partial charge is 0.293 e. The standard InChI is InChI=1S/C23H25N3O4S2/c1-15(21(27)16-11-13-17(14-12-16)25-32(2,29)30)31-23-24-20-10-6-5-9-19(20)22(28)26(23)18-7-3-4-8-18/h5-6,9-15,18,25H,3-4,7-8H2,1-2H3. The Morgan fingerprint density at radius 2 is 1.78 bits per heavy atom. The van der Waals surface area contributed by atoms with Gasteiger partial charge in [-0.25, -0.2) is 13.4 Å². The summed E-state index contributed by atoms with van der Waals surface area (Å²) in [7, 11) is -3.38. The Kier molecular flexibility index (Phi) is 6.39. The van der Waals surface area contributed by atoms with Gasteiger partial charge in [0.05, 0.1) is 22.4 Å². The number of nitrogens with zero attached hydrogens (tertiary/aromatic N) is 2. The van der Waals surface area contributed by atoms with Gasteiger partial charge in [-0.1, -0.05) is 36.7 Å². The fourth-order valence-electron chi connectivity index (χ4n) is 4.06. The van der Waals surface area contributed by atoms with Crippen LogP contribution < -0.4 is 10.3 Å². The lowest BCUT2D eigenvalue weighted by Gasteiger charge is -2.20. The van der Waals surface area contributed by atoms with Gasteiger partial charge in [0.25, 0.3) is 5.56 Å². The van der Waals surface area contributed by atoms with Crippen LogP contribution in [0.5, 0.6) is 0 Å². The second kappa shape index (κ2) is 9.07. The van der Waals surface area contributed by atoms with Gasteiger partial charge in [0, 0.05) is 17.3 Å². The van der Waals surface area contributed by atoms with Gasteiger partial charge in [-0.3, -0.25) is 18.9 Å². The Bertz CT molecular complexity index is 1310. The van der Waals surface area contributed by atoms with E-state index in [1.165, 1.54) is 11.8 Å². The number of nitrogens with one attached hydrogen (secondary N) is 1. The van der Waals surface area contributed by atoms with Gasteiger partial charge >= 0.3 is 0 Å². The number of rotatable bonds is 7. The van der Waals surface area contributed by atoms with Crippen LogP contribution in [0.4, 0.5) is 5.69 Å². The average Bonchev–Trinajstić information content (AvgIpc) is 3.27. The number of hydrogen-bond donors (Lipinski definition) is 1. The summed E-state index contributed by atoms with van der Waals surface area (Å²) in [6.45, 7) is 1.80. The van der Waals surface area contributed by atoms with Gasteiger partial charge < -0.3 is 0 Å². The van der Waals surface area contributed by atoms with Crippen LogP contribution in [0.3, 0.4) is 0 Å². The van der Waals surface area contributed by atoms with Gasteiger partial charge in [-0.05, 0) is 56.2 Å². The highest BCUT2D eigenvalue weighted by molar-refractivity contribution is 8.00. The van der Waals surface area contributed by atoms with Gasteiger partial charge in [-0.15, -0.1) is 0 Å². The normalized spacial score (nSPS) is 15.7. The summed E-state index contributed by atoms with van der Waals surface area (Å²) in [6.07, 6.45) is 5.10. The molecule has 1 atom stereocenters. The maximum absolute atomic E-state index is 13.3. The van der Waals surface area contributed by atoms with E-state index in [9.17, 15) is 18.0 Å². The molecule has 1 N–H and O–H groups in total. The molecule has 0 radical (unpaired) electrons. The molecular weight excluding hydrogens is 446 g/mol. The molecule has 3 aromatic rings. The van der Waals surface area contributed by atoms with E-state index in [-0.39, 0.29) is 17.4 Å². The molecule has 1 unspecified atom stereocenters. The molecule has 9 heteroatoms. The van der Waals surface area contributed by atoms with Crippen LogP contribution in [0.1, 0.15) is 49.0 Å². The smallest absolute Gasteiger partial charge is 0.262 e. The van der Waals surface area contributed by atoms with Crippen LogP contribution >= 0.6 is 11.8 Å². The van der Waals surface area contributed by atoms with E-state index in [0.717, 1.165) is 31.9 Å². The van der Waals surface area contributed by atoms with Gasteiger partial charge in [0.1, 0.15) is 0 Å². The summed E-state index contributed by atoms with van der Waals surface area (Å²) in [6, 6.07) is 13.7. The third-order valence-corrected chi connectivity index (χ3v) is 7.26. The molecule has 1 aliphatic carbocycles. The molecule has 1 aliphatic rings. The molecule has 0 amide bonds. The molecule has 0 bridgehead atoms. The number of carbonyl (C=O) groups excluding carboxylic acids is 1. The van der Waals surface area contributed by atoms with Gasteiger partial charge in [0.15, 0.2) is 10.9 Å². The number of sulfonamides is 1. The zero-order chi connectivity index (χ0) is 22.9. The lowest BCUT2D eigenvalue weighted by molar-refractivity contribution is 0.0994. The van der Waals surface area contributed by atoms with Gasteiger partial charge in [0.2, 0.25) is 10.0 Å². The molecule has 32 heavy (non-hydrogen) atoms. The molecule has 4 rings (SSSR count). The van der Waals surface area contributed by atoms with Crippen molar-refractivity contribution in [1.82, 2.24) is 9.55 Å². The molecule has 1 saturated carbocycles. The summed E-state index contributed by atoms with van der Waals surface area (Å²) < 4.78 is 26.9. The van der Waals surface area contributed by atoms with Crippen molar-refractivity contribution in [2.45, 2.75) is 49.1 Å². The van der Waals surface area contributed by atoms with Crippen molar-refractivity contribution in [2.75, 3.05) is 11.0 Å². The van der Waals surface area contributed by atoms with Gasteiger partial charge in [-0.2, -0.15) is 0 Å². The van der Waals surface area contributed by atoms with Crippen molar-refractivity contribution < 1.29 is 13.2 Å². The van der Waals surface area contributed by atoms with E-state index in [4.69, 9.17) is 4.98 Å². The number of ketones is 1. The summed E-state index contributed by atoms with van der Waals surface area (Å²) in [5.74, 6) is -0.110. The predicted octanol–water partition coefficient (Wildman–Crippen LogP) is 4.25. The van der Waals surface area contributed by atoms with E-state index in [2.05, 4.69) is 4.72 Å². The molecule has 1 aromatic heterocycles. The Morgan fingerprint density at radius 3 is 2.44 bits per heavy atom. The predicted molar refractivity (Wildman–Crippen MR) is 128 cm³/mol. The first-order valence-electron chi connectivity index (χ1n) is 10.5. The molecule has 1 fully saturated rings. The molecule has 2 aromatic carbocycles. The minimum absolute atomic E-state index is 0.0548. The molecule has 7 nitrogen and oxygen atoms in total. The Morgan fingerprint density at radius 1 is 1.12 bits per heavy atom. The fourth-order valence-corrected chi connectivity index (χ4v) is 5.68. The van der Waals surface area contributed by atoms with Crippen molar-refractivity contribution in [3.8, 4) is 0 Å². The highest BCUT2D eigenvalue weighted by Gasteiger charge is 2.26. The second-order valence-electron chi connectivity index (χ2n) is 8.10. The maximum atomic E-state index is 13.3. The first-order chi connectivity index (χ1) is 15.2. The Labute approximate surface area is 191 Å². The van der Waals surface area contributed by atoms with Crippen molar-refractivity contribution in [3.05, 3.63) is 64.4 Å². The number of hydrogen-bond acceptors (Lipinski definition) is 6. The minimum atomic E-state index is -3.38. The number of para-hydroxylation sites is 1. The first kappa shape index (κ1) is 22.5. The summed E-state index contributed by atoms with van der Waals surface area (Å²) in [5.41, 5.74) is 1.45. The molecule has 0 aliphatic heterocycles. The number of thioether (sulfide) groups is 1. The number of carbonyl (C=O) groups is 1. The Hall–Kier alpha value is -2.65. The Balaban J connectivity index is 1.63. The minimum Gasteiger partial charge on any atom is -0.293 e. The number of aromatic nitrogens is 2. The fraction of sp³-hybridized carbons (Fsp3) is 0.348. The van der Waals surface area contributed by atoms with E-state index < -0.39 is 15.3 Å². The highest BCUT2D eigenvalue weighted by atomic mass is 32.2. The third kappa shape index (κ3) is 4.88. The van der Waals surface area contributed by atoms with Crippen molar-refractivity contribution in [3.63, 3.8) is 0 Å². The maximum Gasteiger partial charge on any atom is 0.262 e. The SMILES string of the molecule is CC(Sc1nc2ccccc2c(=O)n1C1CCCC1)C(=O)c1ccc(NS(C)(=O)=O)cc1. The van der Waals surface area contributed by atoms with Crippen LogP contribution in [0, 0.1) is 0 Å². The number of benzene rings is 2. The lowest BCUT2D eigenvalue weighted by atomic mass is 10.1. The number of Topliss-reactive ketones (excluding diaryl/α,β-unsaturated/α-hetero) is 1. The summed E-state index contributed by atoms with van der Waals surface area (Å²) >= 11 is 1.29. The van der Waals surface area contributed by atoms with Crippen molar-refractivity contribution >= 4 is 44.2 Å². The molecular formula is C23H25N3O4S2. The number of fused-ring (bicyclic) bond motifs is 1. The van der Waals surface area contributed by atoms with E-state index in [0.29, 0.717) is 27.3 Å². The average molecular weight is 472 g/mol. The zero-order valence-electron chi connectivity index (χ0n) is 17.9. The lowest BCUT2D eigenvalue weighted by Crippen LogP contribution is -2.27. The summed E-state index contributed by atoms with van der Waals surface area (Å²) in [4.78, 5) is 31.1. The topological polar surface area (TPSA) is 98.1 Å². The van der Waals surface area contributed by atoms with Crippen LogP contribution in [0.25, 0.3) is 10.9 Å². The highest BCUT2D eigenvalue weighted by Crippen LogP contribution is 2.34. The van der Waals surface area contributed by atoms with Crippen LogP contribution in [0.2, 0.25) is 0 Å². The van der Waals surface area contributed by atoms with Crippen LogP contribution in [-0.4, -0.2) is 35.3 Å². The zero-order valence-corrected chi connectivity index (χ0v) is 19.6. The third-order valence-electron chi connectivity index (χ3n) is 5.59. The van der Waals surface area contributed by atoms with Crippen LogP contribution in [0.15, 0.2) is 58.5 Å². The second-order valence-corrected chi connectivity index (χ2v) is 11.2. The van der Waals surface area contributed by atoms with Crippen molar-refractivity contribution in [1.29, 1.82) is 0 Å². The molecule has 0 saturated heterocycles. The molecule has 168 valence electrons. The molecule has 1 heterocycles. The summed E-state index contributed by atoms with van der Waals surface area (Å²) in [5, 5.41) is 0.693. The van der Waals surface area contributed by atoms with E-state index in [1.54, 1.807) is 41.8 Å². The number of anilines is 1. The quantitative estimate of drug-likeness (QED) is 0.314. The monoisotopic (exact) mass is 471 g/mol. The molecule has 0 spiro atoms. The van der Waals surface area contributed by atoms with E-state index >= 15 is 0 Å². The van der Waals surface area contributed by atoms with E-state index in [1.807, 2.05) is 18.2 Å². The van der Waals surface area contributed by atoms with Crippen LogP contribution in [-0.2, 0) is 10.0 Å². The first-order valence-corrected chi connectivity index (χ1v) is 13.3. The van der Waals surface area contributed by atoms with Crippen molar-refractivity contribution in [2.24, 2.45) is 0 Å².